The number of hydrogen-bond acceptors (Lipinski definition) is 3. The van der Waals surface area contributed by atoms with Gasteiger partial charge in [-0.15, -0.1) is 0 Å². The second-order valence-corrected chi connectivity index (χ2v) is 8.41. The van der Waals surface area contributed by atoms with Gasteiger partial charge in [0.1, 0.15) is 10.7 Å². The van der Waals surface area contributed by atoms with Gasteiger partial charge in [-0.05, 0) is 56.3 Å². The van der Waals surface area contributed by atoms with Crippen LogP contribution in [0.25, 0.3) is 0 Å². The molecule has 1 aromatic carbocycles. The van der Waals surface area contributed by atoms with Gasteiger partial charge in [0.15, 0.2) is 0 Å². The Hall–Kier alpha value is -0.690. The molecule has 7 heteroatoms. The third kappa shape index (κ3) is 3.45. The molecule has 1 saturated carbocycles. The highest BCUT2D eigenvalue weighted by molar-refractivity contribution is 7.89. The van der Waals surface area contributed by atoms with Crippen molar-refractivity contribution in [3.63, 3.8) is 0 Å². The molecule has 1 saturated heterocycles. The fraction of sp³-hybridized carbons (Fsp3) is 0.600. The molecule has 122 valence electrons. The van der Waals surface area contributed by atoms with E-state index in [0.717, 1.165) is 31.6 Å². The third-order valence-electron chi connectivity index (χ3n) is 4.45. The van der Waals surface area contributed by atoms with Gasteiger partial charge in [0, 0.05) is 19.1 Å². The Balaban J connectivity index is 1.65. The summed E-state index contributed by atoms with van der Waals surface area (Å²) in [7, 11) is -3.71. The average molecular weight is 347 g/mol. The smallest absolute Gasteiger partial charge is 0.242 e. The van der Waals surface area contributed by atoms with Crippen molar-refractivity contribution in [3.8, 4) is 0 Å². The quantitative estimate of drug-likeness (QED) is 0.891. The molecule has 4 nitrogen and oxygen atoms in total. The van der Waals surface area contributed by atoms with Crippen LogP contribution in [0.5, 0.6) is 0 Å². The van der Waals surface area contributed by atoms with E-state index in [9.17, 15) is 12.8 Å². The first-order valence-corrected chi connectivity index (χ1v) is 9.42. The molecule has 0 amide bonds. The maximum Gasteiger partial charge on any atom is 0.242 e. The molecule has 0 bridgehead atoms. The van der Waals surface area contributed by atoms with E-state index in [-0.39, 0.29) is 15.5 Å². The van der Waals surface area contributed by atoms with Crippen LogP contribution >= 0.6 is 11.6 Å². The van der Waals surface area contributed by atoms with Crippen LogP contribution in [-0.2, 0) is 10.0 Å². The molecule has 0 unspecified atom stereocenters. The minimum atomic E-state index is -3.71. The largest absolute Gasteiger partial charge is 0.300 e. The SMILES string of the molecule is Cc1cc(S(=O)(=O)NC[C@@H]2CCN(C3CC3)C2)c(Cl)cc1F. The minimum Gasteiger partial charge on any atom is -0.300 e. The summed E-state index contributed by atoms with van der Waals surface area (Å²) in [5.74, 6) is -0.171. The van der Waals surface area contributed by atoms with Crippen LogP contribution in [0.15, 0.2) is 17.0 Å². The summed E-state index contributed by atoms with van der Waals surface area (Å²) in [6, 6.07) is 3.05. The summed E-state index contributed by atoms with van der Waals surface area (Å²) in [5.41, 5.74) is 0.269. The Morgan fingerprint density at radius 1 is 1.36 bits per heavy atom. The van der Waals surface area contributed by atoms with E-state index < -0.39 is 15.8 Å². The number of sulfonamides is 1. The Labute approximate surface area is 135 Å². The summed E-state index contributed by atoms with van der Waals surface area (Å²) in [6.45, 7) is 3.92. The standard InChI is InChI=1S/C15H20ClFN2O2S/c1-10-6-15(13(16)7-14(10)17)22(20,21)18-8-11-4-5-19(9-11)12-2-3-12/h6-7,11-12,18H,2-5,8-9H2,1H3/t11-/m0/s1. The molecular weight excluding hydrogens is 327 g/mol. The highest BCUT2D eigenvalue weighted by atomic mass is 35.5. The molecule has 1 atom stereocenters. The normalized spacial score (nSPS) is 23.1. The van der Waals surface area contributed by atoms with Crippen LogP contribution in [-0.4, -0.2) is 39.0 Å². The lowest BCUT2D eigenvalue weighted by atomic mass is 10.1. The third-order valence-corrected chi connectivity index (χ3v) is 6.33. The Bertz CT molecular complexity index is 676. The lowest BCUT2D eigenvalue weighted by Gasteiger charge is -2.15. The molecule has 3 rings (SSSR count). The molecule has 2 fully saturated rings. The minimum absolute atomic E-state index is 0.0508. The van der Waals surface area contributed by atoms with E-state index in [1.54, 1.807) is 0 Å². The Kier molecular flexibility index (Phi) is 4.47. The summed E-state index contributed by atoms with van der Waals surface area (Å²) < 4.78 is 40.8. The lowest BCUT2D eigenvalue weighted by molar-refractivity contribution is 0.314. The maximum atomic E-state index is 13.4. The van der Waals surface area contributed by atoms with Crippen LogP contribution < -0.4 is 4.72 Å². The van der Waals surface area contributed by atoms with Crippen molar-refractivity contribution in [1.82, 2.24) is 9.62 Å². The summed E-state index contributed by atoms with van der Waals surface area (Å²) in [6.07, 6.45) is 3.54. The van der Waals surface area contributed by atoms with Crippen LogP contribution in [0.2, 0.25) is 5.02 Å². The monoisotopic (exact) mass is 346 g/mol. The first kappa shape index (κ1) is 16.2. The fourth-order valence-corrected chi connectivity index (χ4v) is 4.66. The number of likely N-dealkylation sites (tertiary alicyclic amines) is 1. The molecule has 0 aromatic heterocycles. The van der Waals surface area contributed by atoms with Gasteiger partial charge < -0.3 is 4.90 Å². The first-order chi connectivity index (χ1) is 10.4. The molecule has 1 aliphatic carbocycles. The number of hydrogen-bond donors (Lipinski definition) is 1. The number of halogens is 2. The van der Waals surface area contributed by atoms with Gasteiger partial charge in [-0.3, -0.25) is 0 Å². The Morgan fingerprint density at radius 3 is 2.77 bits per heavy atom. The number of aryl methyl sites for hydroxylation is 1. The van der Waals surface area contributed by atoms with Crippen LogP contribution in [0.3, 0.4) is 0 Å². The summed E-state index contributed by atoms with van der Waals surface area (Å²) >= 11 is 5.89. The van der Waals surface area contributed by atoms with Crippen LogP contribution in [0.1, 0.15) is 24.8 Å². The van der Waals surface area contributed by atoms with Crippen molar-refractivity contribution in [2.75, 3.05) is 19.6 Å². The Morgan fingerprint density at radius 2 is 2.09 bits per heavy atom. The molecule has 2 aliphatic rings. The van der Waals surface area contributed by atoms with E-state index in [1.807, 2.05) is 0 Å². The summed E-state index contributed by atoms with van der Waals surface area (Å²) in [4.78, 5) is 2.39. The van der Waals surface area contributed by atoms with Gasteiger partial charge >= 0.3 is 0 Å². The maximum absolute atomic E-state index is 13.4. The predicted octanol–water partition coefficient (Wildman–Crippen LogP) is 2.55. The molecular formula is C15H20ClFN2O2S. The number of nitrogens with zero attached hydrogens (tertiary/aromatic N) is 1. The van der Waals surface area contributed by atoms with E-state index in [0.29, 0.717) is 12.5 Å². The van der Waals surface area contributed by atoms with Crippen molar-refractivity contribution >= 4 is 21.6 Å². The van der Waals surface area contributed by atoms with Gasteiger partial charge in [0.05, 0.1) is 5.02 Å². The van der Waals surface area contributed by atoms with Crippen LogP contribution in [0, 0.1) is 18.7 Å². The fourth-order valence-electron chi connectivity index (χ4n) is 2.94. The van der Waals surface area contributed by atoms with E-state index in [1.165, 1.54) is 25.8 Å². The molecule has 1 aromatic rings. The van der Waals surface area contributed by atoms with Gasteiger partial charge in [-0.25, -0.2) is 17.5 Å². The molecule has 22 heavy (non-hydrogen) atoms. The highest BCUT2D eigenvalue weighted by Crippen LogP contribution is 2.31. The first-order valence-electron chi connectivity index (χ1n) is 7.56. The van der Waals surface area contributed by atoms with E-state index in [4.69, 9.17) is 11.6 Å². The number of nitrogens with one attached hydrogen (secondary N) is 1. The predicted molar refractivity (Wildman–Crippen MR) is 84.0 cm³/mol. The van der Waals surface area contributed by atoms with E-state index in [2.05, 4.69) is 9.62 Å². The van der Waals surface area contributed by atoms with Crippen molar-refractivity contribution in [1.29, 1.82) is 0 Å². The second kappa shape index (κ2) is 6.07. The zero-order chi connectivity index (χ0) is 15.9. The zero-order valence-corrected chi connectivity index (χ0v) is 14.1. The van der Waals surface area contributed by atoms with Crippen molar-refractivity contribution < 1.29 is 12.8 Å². The van der Waals surface area contributed by atoms with Crippen molar-refractivity contribution in [2.24, 2.45) is 5.92 Å². The topological polar surface area (TPSA) is 49.4 Å². The van der Waals surface area contributed by atoms with E-state index >= 15 is 0 Å². The summed E-state index contributed by atoms with van der Waals surface area (Å²) in [5, 5.41) is -0.0818. The van der Waals surface area contributed by atoms with Crippen molar-refractivity contribution in [3.05, 3.63) is 28.5 Å². The molecule has 0 spiro atoms. The average Bonchev–Trinajstić information content (AvgIpc) is 3.19. The van der Waals surface area contributed by atoms with Crippen molar-refractivity contribution in [2.45, 2.75) is 37.1 Å². The van der Waals surface area contributed by atoms with Gasteiger partial charge in [-0.1, -0.05) is 11.6 Å². The highest BCUT2D eigenvalue weighted by Gasteiger charge is 2.34. The second-order valence-electron chi connectivity index (χ2n) is 6.26. The molecule has 1 N–H and O–H groups in total. The lowest BCUT2D eigenvalue weighted by Crippen LogP contribution is -2.31. The van der Waals surface area contributed by atoms with Crippen LogP contribution in [0.4, 0.5) is 4.39 Å². The zero-order valence-electron chi connectivity index (χ0n) is 12.5. The molecule has 1 aliphatic heterocycles. The number of benzene rings is 1. The van der Waals surface area contributed by atoms with Gasteiger partial charge in [0.2, 0.25) is 10.0 Å². The van der Waals surface area contributed by atoms with Gasteiger partial charge in [-0.2, -0.15) is 0 Å². The number of rotatable bonds is 5. The van der Waals surface area contributed by atoms with Gasteiger partial charge in [0.25, 0.3) is 0 Å². The molecule has 0 radical (unpaired) electrons. The molecule has 1 heterocycles.